The van der Waals surface area contributed by atoms with Gasteiger partial charge in [0.2, 0.25) is 0 Å². The summed E-state index contributed by atoms with van der Waals surface area (Å²) in [7, 11) is 0. The number of rotatable bonds is 3. The van der Waals surface area contributed by atoms with Crippen LogP contribution < -0.4 is 5.73 Å². The molecule has 0 spiro atoms. The van der Waals surface area contributed by atoms with E-state index in [9.17, 15) is 17.6 Å². The number of thiazole rings is 1. The van der Waals surface area contributed by atoms with E-state index in [4.69, 9.17) is 5.73 Å². The van der Waals surface area contributed by atoms with E-state index < -0.39 is 23.6 Å². The van der Waals surface area contributed by atoms with Crippen molar-refractivity contribution >= 4 is 11.3 Å². The van der Waals surface area contributed by atoms with Crippen LogP contribution in [0.1, 0.15) is 22.2 Å². The van der Waals surface area contributed by atoms with E-state index in [1.165, 1.54) is 17.4 Å². The van der Waals surface area contributed by atoms with Crippen LogP contribution in [0, 0.1) is 5.82 Å². The van der Waals surface area contributed by atoms with Gasteiger partial charge >= 0.3 is 6.18 Å². The van der Waals surface area contributed by atoms with Crippen LogP contribution in [-0.4, -0.2) is 4.98 Å². The van der Waals surface area contributed by atoms with Gasteiger partial charge in [-0.1, -0.05) is 6.07 Å². The van der Waals surface area contributed by atoms with Crippen molar-refractivity contribution in [2.24, 2.45) is 5.73 Å². The summed E-state index contributed by atoms with van der Waals surface area (Å²) in [5, 5.41) is 2.49. The predicted molar refractivity (Wildman–Crippen MR) is 64.1 cm³/mol. The summed E-state index contributed by atoms with van der Waals surface area (Å²) in [4.78, 5) is 4.01. The van der Waals surface area contributed by atoms with Crippen molar-refractivity contribution in [2.45, 2.75) is 18.6 Å². The maximum absolute atomic E-state index is 13.1. The largest absolute Gasteiger partial charge is 0.419 e. The van der Waals surface area contributed by atoms with Gasteiger partial charge in [0.05, 0.1) is 10.6 Å². The highest BCUT2D eigenvalue weighted by Crippen LogP contribution is 2.33. The Morgan fingerprint density at radius 1 is 1.32 bits per heavy atom. The molecule has 0 aliphatic rings. The lowest BCUT2D eigenvalue weighted by Crippen LogP contribution is -2.16. The molecule has 0 bridgehead atoms. The van der Waals surface area contributed by atoms with Crippen LogP contribution in [0.5, 0.6) is 0 Å². The molecule has 0 saturated heterocycles. The number of benzene rings is 1. The Balaban J connectivity index is 2.25. The third-order valence-corrected chi connectivity index (χ3v) is 3.40. The highest BCUT2D eigenvalue weighted by Gasteiger charge is 2.34. The van der Waals surface area contributed by atoms with Crippen molar-refractivity contribution in [2.75, 3.05) is 0 Å². The van der Waals surface area contributed by atoms with E-state index in [0.717, 1.165) is 17.1 Å². The number of hydrogen-bond donors (Lipinski definition) is 1. The molecule has 7 heteroatoms. The first-order valence-corrected chi connectivity index (χ1v) is 6.26. The molecular formula is C12H10F4N2S. The second-order valence-corrected chi connectivity index (χ2v) is 4.95. The Bertz CT molecular complexity index is 551. The first-order valence-electron chi connectivity index (χ1n) is 5.38. The lowest BCUT2D eigenvalue weighted by molar-refractivity contribution is -0.140. The molecule has 19 heavy (non-hydrogen) atoms. The summed E-state index contributed by atoms with van der Waals surface area (Å²) in [6.45, 7) is 0. The quantitative estimate of drug-likeness (QED) is 0.878. The Labute approximate surface area is 110 Å². The molecule has 1 unspecified atom stereocenters. The summed E-state index contributed by atoms with van der Waals surface area (Å²) in [6.07, 6.45) is -2.81. The van der Waals surface area contributed by atoms with Gasteiger partial charge < -0.3 is 5.73 Å². The standard InChI is InChI=1S/C12H10F4N2S/c13-9-2-1-7(5-8(9)12(14,15)16)10(17)6-11-18-3-4-19-11/h1-5,10H,6,17H2. The number of nitrogens with zero attached hydrogens (tertiary/aromatic N) is 1. The van der Waals surface area contributed by atoms with Gasteiger partial charge in [-0.25, -0.2) is 9.37 Å². The molecule has 0 aliphatic carbocycles. The van der Waals surface area contributed by atoms with Crippen LogP contribution in [0.15, 0.2) is 29.8 Å². The molecule has 1 aromatic carbocycles. The Kier molecular flexibility index (Phi) is 3.86. The first kappa shape index (κ1) is 14.0. The highest BCUT2D eigenvalue weighted by atomic mass is 32.1. The van der Waals surface area contributed by atoms with Crippen molar-refractivity contribution in [3.05, 3.63) is 51.7 Å². The van der Waals surface area contributed by atoms with E-state index >= 15 is 0 Å². The van der Waals surface area contributed by atoms with Crippen molar-refractivity contribution in [1.29, 1.82) is 0 Å². The monoisotopic (exact) mass is 290 g/mol. The minimum atomic E-state index is -4.72. The average Bonchev–Trinajstić information content (AvgIpc) is 2.80. The lowest BCUT2D eigenvalue weighted by Gasteiger charge is -2.14. The molecule has 0 aliphatic heterocycles. The third kappa shape index (κ3) is 3.30. The normalized spacial score (nSPS) is 13.5. The van der Waals surface area contributed by atoms with Gasteiger partial charge in [0.1, 0.15) is 5.82 Å². The van der Waals surface area contributed by atoms with Gasteiger partial charge in [-0.15, -0.1) is 11.3 Å². The summed E-state index contributed by atoms with van der Waals surface area (Å²) in [5.41, 5.74) is 4.77. The summed E-state index contributed by atoms with van der Waals surface area (Å²) in [5.74, 6) is -1.29. The predicted octanol–water partition coefficient (Wildman–Crippen LogP) is 3.54. The van der Waals surface area contributed by atoms with Crippen LogP contribution in [0.4, 0.5) is 17.6 Å². The Hall–Kier alpha value is -1.47. The van der Waals surface area contributed by atoms with E-state index in [1.54, 1.807) is 11.6 Å². The molecule has 0 fully saturated rings. The van der Waals surface area contributed by atoms with E-state index in [1.807, 2.05) is 0 Å². The second-order valence-electron chi connectivity index (χ2n) is 3.97. The third-order valence-electron chi connectivity index (χ3n) is 2.60. The Morgan fingerprint density at radius 3 is 2.63 bits per heavy atom. The zero-order chi connectivity index (χ0) is 14.0. The molecule has 2 aromatic rings. The molecule has 1 atom stereocenters. The fourth-order valence-corrected chi connectivity index (χ4v) is 2.33. The molecule has 1 aromatic heterocycles. The van der Waals surface area contributed by atoms with Crippen LogP contribution in [0.3, 0.4) is 0 Å². The van der Waals surface area contributed by atoms with Gasteiger partial charge in [0, 0.05) is 24.0 Å². The smallest absolute Gasteiger partial charge is 0.324 e. The van der Waals surface area contributed by atoms with Crippen molar-refractivity contribution in [3.63, 3.8) is 0 Å². The molecule has 2 N–H and O–H groups in total. The van der Waals surface area contributed by atoms with Crippen LogP contribution in [-0.2, 0) is 12.6 Å². The zero-order valence-corrected chi connectivity index (χ0v) is 10.4. The SMILES string of the molecule is NC(Cc1nccs1)c1ccc(F)c(C(F)(F)F)c1. The number of hydrogen-bond acceptors (Lipinski definition) is 3. The van der Waals surface area contributed by atoms with Crippen LogP contribution in [0.25, 0.3) is 0 Å². The molecule has 2 nitrogen and oxygen atoms in total. The highest BCUT2D eigenvalue weighted by molar-refractivity contribution is 7.09. The molecule has 0 saturated carbocycles. The van der Waals surface area contributed by atoms with E-state index in [2.05, 4.69) is 4.98 Å². The number of aromatic nitrogens is 1. The van der Waals surface area contributed by atoms with E-state index in [0.29, 0.717) is 6.42 Å². The van der Waals surface area contributed by atoms with Crippen molar-refractivity contribution < 1.29 is 17.6 Å². The minimum absolute atomic E-state index is 0.240. The maximum atomic E-state index is 13.1. The molecule has 0 amide bonds. The second kappa shape index (κ2) is 5.26. The summed E-state index contributed by atoms with van der Waals surface area (Å²) < 4.78 is 50.9. The number of nitrogens with two attached hydrogens (primary N) is 1. The summed E-state index contributed by atoms with van der Waals surface area (Å²) >= 11 is 1.37. The van der Waals surface area contributed by atoms with Gasteiger partial charge in [-0.2, -0.15) is 13.2 Å². The van der Waals surface area contributed by atoms with Gasteiger partial charge in [-0.05, 0) is 17.7 Å². The maximum Gasteiger partial charge on any atom is 0.419 e. The topological polar surface area (TPSA) is 38.9 Å². The number of halogens is 4. The Morgan fingerprint density at radius 2 is 2.05 bits per heavy atom. The van der Waals surface area contributed by atoms with Crippen LogP contribution in [0.2, 0.25) is 0 Å². The molecular weight excluding hydrogens is 280 g/mol. The molecule has 2 rings (SSSR count). The lowest BCUT2D eigenvalue weighted by atomic mass is 10.0. The minimum Gasteiger partial charge on any atom is -0.324 e. The van der Waals surface area contributed by atoms with Gasteiger partial charge in [0.15, 0.2) is 0 Å². The average molecular weight is 290 g/mol. The van der Waals surface area contributed by atoms with Crippen molar-refractivity contribution in [3.8, 4) is 0 Å². The van der Waals surface area contributed by atoms with Gasteiger partial charge in [0.25, 0.3) is 0 Å². The fourth-order valence-electron chi connectivity index (χ4n) is 1.65. The van der Waals surface area contributed by atoms with E-state index in [-0.39, 0.29) is 5.56 Å². The van der Waals surface area contributed by atoms with Crippen LogP contribution >= 0.6 is 11.3 Å². The van der Waals surface area contributed by atoms with Gasteiger partial charge in [-0.3, -0.25) is 0 Å². The van der Waals surface area contributed by atoms with Crippen molar-refractivity contribution in [1.82, 2.24) is 4.98 Å². The zero-order valence-electron chi connectivity index (χ0n) is 9.62. The summed E-state index contributed by atoms with van der Waals surface area (Å²) in [6, 6.07) is 2.17. The number of alkyl halides is 3. The first-order chi connectivity index (χ1) is 8.88. The molecule has 1 heterocycles. The fraction of sp³-hybridized carbons (Fsp3) is 0.250. The molecule has 0 radical (unpaired) electrons. The molecule has 102 valence electrons.